The largest absolute Gasteiger partial charge is 0.385 e. The molecule has 1 aromatic rings. The Morgan fingerprint density at radius 1 is 1.59 bits per heavy atom. The Hall–Kier alpha value is -0.640. The average molecular weight is 259 g/mol. The molecule has 0 spiro atoms. The first-order valence-electron chi connectivity index (χ1n) is 5.84. The lowest BCUT2D eigenvalue weighted by atomic mass is 9.83. The zero-order chi connectivity index (χ0) is 12.5. The number of hydrogen-bond donors (Lipinski definition) is 1. The molecule has 17 heavy (non-hydrogen) atoms. The van der Waals surface area contributed by atoms with Gasteiger partial charge < -0.3 is 9.84 Å². The Balaban J connectivity index is 2.33. The van der Waals surface area contributed by atoms with Gasteiger partial charge in [-0.25, -0.2) is 4.39 Å². The van der Waals surface area contributed by atoms with E-state index in [-0.39, 0.29) is 11.9 Å². The van der Waals surface area contributed by atoms with Crippen molar-refractivity contribution in [3.63, 3.8) is 0 Å². The van der Waals surface area contributed by atoms with E-state index in [0.29, 0.717) is 30.0 Å². The molecule has 0 radical (unpaired) electrons. The van der Waals surface area contributed by atoms with Crippen LogP contribution in [0.15, 0.2) is 18.2 Å². The van der Waals surface area contributed by atoms with Gasteiger partial charge in [0.1, 0.15) is 5.82 Å². The lowest BCUT2D eigenvalue weighted by Gasteiger charge is -2.37. The van der Waals surface area contributed by atoms with Crippen LogP contribution in [0.4, 0.5) is 4.39 Å². The van der Waals surface area contributed by atoms with Crippen molar-refractivity contribution in [1.29, 1.82) is 0 Å². The fraction of sp³-hybridized carbons (Fsp3) is 0.538. The van der Waals surface area contributed by atoms with E-state index in [1.165, 1.54) is 18.2 Å². The Morgan fingerprint density at radius 2 is 2.35 bits per heavy atom. The molecule has 1 aromatic carbocycles. The summed E-state index contributed by atoms with van der Waals surface area (Å²) in [7, 11) is 0. The second-order valence-corrected chi connectivity index (χ2v) is 4.92. The number of aliphatic hydroxyl groups is 1. The maximum atomic E-state index is 13.3. The molecule has 2 nitrogen and oxygen atoms in total. The van der Waals surface area contributed by atoms with Crippen LogP contribution in [0, 0.1) is 5.82 Å². The minimum atomic E-state index is -1.07. The SMILES string of the molecule is CCC1CC(O)(c2cc(F)ccc2Cl)CCO1. The number of rotatable bonds is 2. The number of halogens is 2. The van der Waals surface area contributed by atoms with Crippen LogP contribution in [-0.2, 0) is 10.3 Å². The van der Waals surface area contributed by atoms with Crippen molar-refractivity contribution in [3.05, 3.63) is 34.6 Å². The fourth-order valence-electron chi connectivity index (χ4n) is 2.29. The fourth-order valence-corrected chi connectivity index (χ4v) is 2.59. The Morgan fingerprint density at radius 3 is 3.06 bits per heavy atom. The van der Waals surface area contributed by atoms with Crippen LogP contribution < -0.4 is 0 Å². The van der Waals surface area contributed by atoms with E-state index in [1.807, 2.05) is 6.92 Å². The number of hydrogen-bond acceptors (Lipinski definition) is 2. The van der Waals surface area contributed by atoms with Crippen molar-refractivity contribution in [2.45, 2.75) is 37.9 Å². The van der Waals surface area contributed by atoms with Crippen LogP contribution in [0.5, 0.6) is 0 Å². The zero-order valence-corrected chi connectivity index (χ0v) is 10.5. The van der Waals surface area contributed by atoms with E-state index in [2.05, 4.69) is 0 Å². The van der Waals surface area contributed by atoms with Crippen LogP contribution in [0.25, 0.3) is 0 Å². The van der Waals surface area contributed by atoms with Gasteiger partial charge in [-0.3, -0.25) is 0 Å². The highest BCUT2D eigenvalue weighted by atomic mass is 35.5. The molecule has 0 aliphatic carbocycles. The van der Waals surface area contributed by atoms with E-state index in [9.17, 15) is 9.50 Å². The molecule has 1 saturated heterocycles. The lowest BCUT2D eigenvalue weighted by Crippen LogP contribution is -2.38. The summed E-state index contributed by atoms with van der Waals surface area (Å²) in [5.74, 6) is -0.377. The molecule has 1 heterocycles. The van der Waals surface area contributed by atoms with E-state index in [0.717, 1.165) is 6.42 Å². The molecule has 94 valence electrons. The van der Waals surface area contributed by atoms with Crippen molar-refractivity contribution in [2.75, 3.05) is 6.61 Å². The smallest absolute Gasteiger partial charge is 0.123 e. The van der Waals surface area contributed by atoms with E-state index in [4.69, 9.17) is 16.3 Å². The first-order chi connectivity index (χ1) is 8.05. The third-order valence-corrected chi connectivity index (χ3v) is 3.65. The van der Waals surface area contributed by atoms with E-state index >= 15 is 0 Å². The summed E-state index contributed by atoms with van der Waals surface area (Å²) in [5.41, 5.74) is -0.598. The van der Waals surface area contributed by atoms with Gasteiger partial charge in [0.05, 0.1) is 18.3 Å². The molecule has 0 aromatic heterocycles. The maximum Gasteiger partial charge on any atom is 0.123 e. The van der Waals surface area contributed by atoms with Crippen molar-refractivity contribution in [2.24, 2.45) is 0 Å². The summed E-state index contributed by atoms with van der Waals surface area (Å²) in [5, 5.41) is 11.0. The van der Waals surface area contributed by atoms with Gasteiger partial charge >= 0.3 is 0 Å². The van der Waals surface area contributed by atoms with Gasteiger partial charge in [-0.1, -0.05) is 18.5 Å². The van der Waals surface area contributed by atoms with Crippen LogP contribution in [-0.4, -0.2) is 17.8 Å². The third kappa shape index (κ3) is 2.62. The highest BCUT2D eigenvalue weighted by molar-refractivity contribution is 6.31. The molecular weight excluding hydrogens is 243 g/mol. The molecule has 4 heteroatoms. The maximum absolute atomic E-state index is 13.3. The van der Waals surface area contributed by atoms with E-state index in [1.54, 1.807) is 0 Å². The first kappa shape index (κ1) is 12.8. The summed E-state index contributed by atoms with van der Waals surface area (Å²) in [4.78, 5) is 0. The van der Waals surface area contributed by atoms with Gasteiger partial charge in [-0.2, -0.15) is 0 Å². The van der Waals surface area contributed by atoms with Crippen LogP contribution in [0.1, 0.15) is 31.7 Å². The summed E-state index contributed by atoms with van der Waals surface area (Å²) < 4.78 is 18.8. The Kier molecular flexibility index (Phi) is 3.71. The normalized spacial score (nSPS) is 29.3. The molecule has 1 fully saturated rings. The molecule has 1 aliphatic rings. The molecule has 2 rings (SSSR count). The van der Waals surface area contributed by atoms with Crippen LogP contribution >= 0.6 is 11.6 Å². The van der Waals surface area contributed by atoms with Gasteiger partial charge in [-0.15, -0.1) is 0 Å². The molecule has 2 unspecified atom stereocenters. The first-order valence-corrected chi connectivity index (χ1v) is 6.22. The highest BCUT2D eigenvalue weighted by Crippen LogP contribution is 2.39. The number of benzene rings is 1. The van der Waals surface area contributed by atoms with Crippen LogP contribution in [0.3, 0.4) is 0 Å². The van der Waals surface area contributed by atoms with Crippen molar-refractivity contribution in [3.8, 4) is 0 Å². The molecule has 0 bridgehead atoms. The quantitative estimate of drug-likeness (QED) is 0.882. The number of ether oxygens (including phenoxy) is 1. The average Bonchev–Trinajstić information content (AvgIpc) is 2.32. The van der Waals surface area contributed by atoms with Gasteiger partial charge in [0.2, 0.25) is 0 Å². The monoisotopic (exact) mass is 258 g/mol. The highest BCUT2D eigenvalue weighted by Gasteiger charge is 2.37. The minimum absolute atomic E-state index is 0.00749. The molecule has 1 aliphatic heterocycles. The zero-order valence-electron chi connectivity index (χ0n) is 9.75. The van der Waals surface area contributed by atoms with Gasteiger partial charge in [0.15, 0.2) is 0 Å². The molecule has 0 amide bonds. The van der Waals surface area contributed by atoms with Gasteiger partial charge in [-0.05, 0) is 24.6 Å². The summed E-state index contributed by atoms with van der Waals surface area (Å²) >= 11 is 6.04. The molecular formula is C13H16ClFO2. The third-order valence-electron chi connectivity index (χ3n) is 3.32. The second kappa shape index (κ2) is 4.92. The predicted molar refractivity (Wildman–Crippen MR) is 64.6 cm³/mol. The summed E-state index contributed by atoms with van der Waals surface area (Å²) in [6.07, 6.45) is 1.75. The molecule has 1 N–H and O–H groups in total. The van der Waals surface area contributed by atoms with Gasteiger partial charge in [0, 0.05) is 23.4 Å². The topological polar surface area (TPSA) is 29.5 Å². The predicted octanol–water partition coefficient (Wildman–Crippen LogP) is 3.26. The van der Waals surface area contributed by atoms with Crippen LogP contribution in [0.2, 0.25) is 5.02 Å². The summed E-state index contributed by atoms with van der Waals surface area (Å²) in [6.45, 7) is 2.48. The second-order valence-electron chi connectivity index (χ2n) is 4.51. The van der Waals surface area contributed by atoms with Crippen molar-refractivity contribution in [1.82, 2.24) is 0 Å². The molecule has 0 saturated carbocycles. The Bertz CT molecular complexity index is 410. The minimum Gasteiger partial charge on any atom is -0.385 e. The van der Waals surface area contributed by atoms with E-state index < -0.39 is 5.60 Å². The molecule has 2 atom stereocenters. The standard InChI is InChI=1S/C13H16ClFO2/c1-2-10-8-13(16,5-6-17-10)11-7-9(15)3-4-12(11)14/h3-4,7,10,16H,2,5-6,8H2,1H3. The van der Waals surface area contributed by atoms with Crippen molar-refractivity contribution < 1.29 is 14.2 Å². The lowest BCUT2D eigenvalue weighted by molar-refractivity contribution is -0.108. The summed E-state index contributed by atoms with van der Waals surface area (Å²) in [6, 6.07) is 4.10. The van der Waals surface area contributed by atoms with Gasteiger partial charge in [0.25, 0.3) is 0 Å². The van der Waals surface area contributed by atoms with Crippen molar-refractivity contribution >= 4 is 11.6 Å². The Labute approximate surface area is 105 Å².